The molecule has 1 aromatic carbocycles. The minimum Gasteiger partial charge on any atom is -0.493 e. The summed E-state index contributed by atoms with van der Waals surface area (Å²) in [6, 6.07) is 2.23. The molecule has 1 nitrogen and oxygen atoms in total. The first kappa shape index (κ1) is 7.74. The van der Waals surface area contributed by atoms with Crippen LogP contribution < -0.4 is 4.74 Å². The van der Waals surface area contributed by atoms with Crippen LogP contribution in [0.5, 0.6) is 5.75 Å². The van der Waals surface area contributed by atoms with Crippen LogP contribution in [-0.2, 0) is 19.3 Å². The van der Waals surface area contributed by atoms with Gasteiger partial charge in [0.1, 0.15) is 5.75 Å². The highest BCUT2D eigenvalue weighted by atomic mass is 32.1. The Hall–Kier alpha value is -0.630. The summed E-state index contributed by atoms with van der Waals surface area (Å²) < 4.78 is 5.56. The monoisotopic (exact) mass is 192 g/mol. The van der Waals surface area contributed by atoms with E-state index in [4.69, 9.17) is 4.74 Å². The highest BCUT2D eigenvalue weighted by molar-refractivity contribution is 7.80. The van der Waals surface area contributed by atoms with Gasteiger partial charge in [0.2, 0.25) is 0 Å². The number of hydrogen-bond acceptors (Lipinski definition) is 2. The maximum absolute atomic E-state index is 5.56. The summed E-state index contributed by atoms with van der Waals surface area (Å²) in [5.41, 5.74) is 4.28. The molecule has 0 unspecified atom stereocenters. The molecule has 0 bridgehead atoms. The van der Waals surface area contributed by atoms with Gasteiger partial charge >= 0.3 is 0 Å². The standard InChI is InChI=1S/C11H12OS/c13-11-8-3-1-2-7(8)6-10-9(11)4-5-12-10/h6,13H,1-5H2. The molecule has 1 aliphatic heterocycles. The molecule has 0 spiro atoms. The van der Waals surface area contributed by atoms with E-state index in [1.54, 1.807) is 0 Å². The van der Waals surface area contributed by atoms with Crippen molar-refractivity contribution < 1.29 is 4.74 Å². The van der Waals surface area contributed by atoms with Crippen molar-refractivity contribution in [2.75, 3.05) is 6.61 Å². The summed E-state index contributed by atoms with van der Waals surface area (Å²) in [5.74, 6) is 1.09. The molecule has 0 aromatic heterocycles. The number of fused-ring (bicyclic) bond motifs is 2. The van der Waals surface area contributed by atoms with E-state index in [-0.39, 0.29) is 0 Å². The van der Waals surface area contributed by atoms with Crippen LogP contribution in [0.4, 0.5) is 0 Å². The van der Waals surface area contributed by atoms with Gasteiger partial charge < -0.3 is 4.74 Å². The zero-order valence-electron chi connectivity index (χ0n) is 7.47. The molecule has 0 amide bonds. The van der Waals surface area contributed by atoms with Crippen LogP contribution in [0.3, 0.4) is 0 Å². The van der Waals surface area contributed by atoms with Crippen LogP contribution in [0, 0.1) is 0 Å². The van der Waals surface area contributed by atoms with Gasteiger partial charge in [-0.2, -0.15) is 0 Å². The molecule has 0 atom stereocenters. The van der Waals surface area contributed by atoms with E-state index in [2.05, 4.69) is 18.7 Å². The number of benzene rings is 1. The third-order valence-corrected chi connectivity index (χ3v) is 3.58. The van der Waals surface area contributed by atoms with E-state index < -0.39 is 0 Å². The van der Waals surface area contributed by atoms with E-state index in [0.717, 1.165) is 18.8 Å². The van der Waals surface area contributed by atoms with Gasteiger partial charge in [0.25, 0.3) is 0 Å². The average molecular weight is 192 g/mol. The normalized spacial score (nSPS) is 18.2. The van der Waals surface area contributed by atoms with Gasteiger partial charge in [0.15, 0.2) is 0 Å². The molecular weight excluding hydrogens is 180 g/mol. The Bertz CT molecular complexity index is 339. The first-order chi connectivity index (χ1) is 6.36. The molecule has 13 heavy (non-hydrogen) atoms. The molecule has 1 aliphatic carbocycles. The molecule has 2 heteroatoms. The predicted molar refractivity (Wildman–Crippen MR) is 54.9 cm³/mol. The van der Waals surface area contributed by atoms with Crippen molar-refractivity contribution in [2.24, 2.45) is 0 Å². The van der Waals surface area contributed by atoms with Crippen molar-refractivity contribution in [1.82, 2.24) is 0 Å². The van der Waals surface area contributed by atoms with Crippen LogP contribution in [0.15, 0.2) is 11.0 Å². The highest BCUT2D eigenvalue weighted by Crippen LogP contribution is 2.39. The molecule has 0 N–H and O–H groups in total. The van der Waals surface area contributed by atoms with Gasteiger partial charge in [-0.15, -0.1) is 12.6 Å². The second-order valence-corrected chi connectivity index (χ2v) is 4.24. The summed E-state index contributed by atoms with van der Waals surface area (Å²) in [7, 11) is 0. The summed E-state index contributed by atoms with van der Waals surface area (Å²) in [6.45, 7) is 0.839. The third kappa shape index (κ3) is 1.01. The highest BCUT2D eigenvalue weighted by Gasteiger charge is 2.22. The minimum atomic E-state index is 0.839. The lowest BCUT2D eigenvalue weighted by atomic mass is 10.0. The van der Waals surface area contributed by atoms with Crippen LogP contribution in [0.25, 0.3) is 0 Å². The predicted octanol–water partition coefficient (Wildman–Crippen LogP) is 2.40. The zero-order chi connectivity index (χ0) is 8.84. The molecule has 0 saturated carbocycles. The second kappa shape index (κ2) is 2.68. The van der Waals surface area contributed by atoms with Gasteiger partial charge in [0.05, 0.1) is 6.61 Å². The van der Waals surface area contributed by atoms with Crippen molar-refractivity contribution in [3.05, 3.63) is 22.8 Å². The first-order valence-electron chi connectivity index (χ1n) is 4.85. The Morgan fingerprint density at radius 1 is 1.15 bits per heavy atom. The van der Waals surface area contributed by atoms with Crippen molar-refractivity contribution in [1.29, 1.82) is 0 Å². The molecule has 0 fully saturated rings. The third-order valence-electron chi connectivity index (χ3n) is 3.04. The molecular formula is C11H12OS. The summed E-state index contributed by atoms with van der Waals surface area (Å²) in [5, 5.41) is 0. The lowest BCUT2D eigenvalue weighted by Gasteiger charge is -2.08. The minimum absolute atomic E-state index is 0.839. The van der Waals surface area contributed by atoms with Crippen molar-refractivity contribution in [3.63, 3.8) is 0 Å². The van der Waals surface area contributed by atoms with Crippen molar-refractivity contribution in [2.45, 2.75) is 30.6 Å². The molecule has 0 saturated heterocycles. The molecule has 0 radical (unpaired) electrons. The van der Waals surface area contributed by atoms with E-state index in [1.807, 2.05) is 0 Å². The van der Waals surface area contributed by atoms with Crippen LogP contribution in [0.2, 0.25) is 0 Å². The van der Waals surface area contributed by atoms with Gasteiger partial charge in [0, 0.05) is 16.9 Å². The number of aryl methyl sites for hydroxylation is 1. The largest absolute Gasteiger partial charge is 0.493 e. The van der Waals surface area contributed by atoms with Crippen LogP contribution >= 0.6 is 12.6 Å². The quantitative estimate of drug-likeness (QED) is 0.621. The van der Waals surface area contributed by atoms with Crippen LogP contribution in [-0.4, -0.2) is 6.61 Å². The van der Waals surface area contributed by atoms with Crippen molar-refractivity contribution >= 4 is 12.6 Å². The maximum atomic E-state index is 5.56. The van der Waals surface area contributed by atoms with Crippen LogP contribution in [0.1, 0.15) is 23.1 Å². The maximum Gasteiger partial charge on any atom is 0.124 e. The molecule has 3 rings (SSSR count). The van der Waals surface area contributed by atoms with Gasteiger partial charge in [-0.1, -0.05) is 0 Å². The van der Waals surface area contributed by atoms with Gasteiger partial charge in [-0.3, -0.25) is 0 Å². The topological polar surface area (TPSA) is 9.23 Å². The molecule has 1 heterocycles. The van der Waals surface area contributed by atoms with Gasteiger partial charge in [-0.05, 0) is 36.5 Å². The number of hydrogen-bond donors (Lipinski definition) is 1. The van der Waals surface area contributed by atoms with E-state index in [9.17, 15) is 0 Å². The Morgan fingerprint density at radius 3 is 3.00 bits per heavy atom. The van der Waals surface area contributed by atoms with Gasteiger partial charge in [-0.25, -0.2) is 0 Å². The fourth-order valence-electron chi connectivity index (χ4n) is 2.37. The number of ether oxygens (including phenoxy) is 1. The van der Waals surface area contributed by atoms with E-state index >= 15 is 0 Å². The molecule has 1 aromatic rings. The van der Waals surface area contributed by atoms with E-state index in [0.29, 0.717) is 0 Å². The lowest BCUT2D eigenvalue weighted by Crippen LogP contribution is -1.89. The summed E-state index contributed by atoms with van der Waals surface area (Å²) in [6.07, 6.45) is 4.74. The summed E-state index contributed by atoms with van der Waals surface area (Å²) in [4.78, 5) is 1.21. The number of thiol groups is 1. The van der Waals surface area contributed by atoms with E-state index in [1.165, 1.54) is 40.8 Å². The SMILES string of the molecule is Sc1c2c(cc3c1CCO3)CCC2. The number of rotatable bonds is 0. The second-order valence-electron chi connectivity index (χ2n) is 3.79. The molecule has 2 aliphatic rings. The Kier molecular flexibility index (Phi) is 1.59. The lowest BCUT2D eigenvalue weighted by molar-refractivity contribution is 0.356. The smallest absolute Gasteiger partial charge is 0.124 e. The average Bonchev–Trinajstić information content (AvgIpc) is 2.71. The summed E-state index contributed by atoms with van der Waals surface area (Å²) >= 11 is 4.61. The Balaban J connectivity index is 2.26. The first-order valence-corrected chi connectivity index (χ1v) is 5.30. The zero-order valence-corrected chi connectivity index (χ0v) is 8.36. The Morgan fingerprint density at radius 2 is 2.08 bits per heavy atom. The fraction of sp³-hybridized carbons (Fsp3) is 0.455. The van der Waals surface area contributed by atoms with Crippen molar-refractivity contribution in [3.8, 4) is 5.75 Å². The molecule has 68 valence electrons. The Labute approximate surface area is 83.5 Å². The fourth-order valence-corrected chi connectivity index (χ4v) is 2.85.